The molecular weight excluding hydrogens is 322 g/mol. The second-order valence-electron chi connectivity index (χ2n) is 6.34. The molecule has 130 valence electrons. The normalized spacial score (nSPS) is 15.5. The maximum atomic E-state index is 12.6. The molecule has 4 rings (SSSR count). The van der Waals surface area contributed by atoms with E-state index in [-0.39, 0.29) is 17.6 Å². The summed E-state index contributed by atoms with van der Waals surface area (Å²) in [4.78, 5) is 36.1. The summed E-state index contributed by atoms with van der Waals surface area (Å²) in [6.07, 6.45) is 8.79. The molecule has 0 amide bonds. The van der Waals surface area contributed by atoms with E-state index in [1.165, 1.54) is 31.7 Å². The Hall–Kier alpha value is -2.90. The van der Waals surface area contributed by atoms with Gasteiger partial charge in [0.25, 0.3) is 5.56 Å². The number of nitrogens with zero attached hydrogens (tertiary/aromatic N) is 3. The lowest BCUT2D eigenvalue weighted by atomic mass is 9.96. The van der Waals surface area contributed by atoms with Gasteiger partial charge in [0.15, 0.2) is 5.65 Å². The number of rotatable bonds is 4. The van der Waals surface area contributed by atoms with E-state index >= 15 is 0 Å². The van der Waals surface area contributed by atoms with Crippen molar-refractivity contribution in [2.75, 3.05) is 5.32 Å². The molecule has 0 bridgehead atoms. The zero-order chi connectivity index (χ0) is 17.2. The van der Waals surface area contributed by atoms with Gasteiger partial charge in [-0.25, -0.2) is 9.78 Å². The highest BCUT2D eigenvalue weighted by Crippen LogP contribution is 2.20. The van der Waals surface area contributed by atoms with Crippen molar-refractivity contribution in [1.29, 1.82) is 0 Å². The second kappa shape index (κ2) is 6.54. The van der Waals surface area contributed by atoms with E-state index in [0.29, 0.717) is 17.8 Å². The fourth-order valence-corrected chi connectivity index (χ4v) is 3.24. The van der Waals surface area contributed by atoms with Gasteiger partial charge in [-0.05, 0) is 25.0 Å². The first-order valence-electron chi connectivity index (χ1n) is 8.49. The molecule has 1 aliphatic rings. The van der Waals surface area contributed by atoms with Gasteiger partial charge in [0.2, 0.25) is 5.95 Å². The van der Waals surface area contributed by atoms with Crippen LogP contribution in [0, 0.1) is 0 Å². The first-order valence-corrected chi connectivity index (χ1v) is 8.49. The Morgan fingerprint density at radius 2 is 2.12 bits per heavy atom. The molecular formula is C17H19N5O3. The summed E-state index contributed by atoms with van der Waals surface area (Å²) in [5.41, 5.74) is -0.699. The van der Waals surface area contributed by atoms with Crippen molar-refractivity contribution in [3.05, 3.63) is 51.2 Å². The average Bonchev–Trinajstić information content (AvgIpc) is 3.12. The van der Waals surface area contributed by atoms with Crippen LogP contribution in [-0.2, 0) is 6.54 Å². The fourth-order valence-electron chi connectivity index (χ4n) is 3.24. The molecule has 3 aromatic rings. The van der Waals surface area contributed by atoms with Crippen LogP contribution in [0.2, 0.25) is 0 Å². The minimum atomic E-state index is -0.517. The molecule has 0 saturated heterocycles. The SMILES string of the molecule is O=c1[nH]c2nc(NC3CCCCC3)ncc2c(=O)n1Cc1ccco1. The van der Waals surface area contributed by atoms with Crippen LogP contribution in [0.5, 0.6) is 0 Å². The van der Waals surface area contributed by atoms with Crippen LogP contribution in [0.4, 0.5) is 5.95 Å². The van der Waals surface area contributed by atoms with Crippen molar-refractivity contribution >= 4 is 17.0 Å². The molecule has 2 N–H and O–H groups in total. The lowest BCUT2D eigenvalue weighted by molar-refractivity contribution is 0.461. The number of H-pyrrole nitrogens is 1. The molecule has 0 spiro atoms. The van der Waals surface area contributed by atoms with Gasteiger partial charge in [-0.3, -0.25) is 14.3 Å². The maximum Gasteiger partial charge on any atom is 0.330 e. The molecule has 3 heterocycles. The first-order chi connectivity index (χ1) is 12.2. The summed E-state index contributed by atoms with van der Waals surface area (Å²) in [7, 11) is 0. The largest absolute Gasteiger partial charge is 0.467 e. The van der Waals surface area contributed by atoms with Crippen molar-refractivity contribution in [2.45, 2.75) is 44.7 Å². The summed E-state index contributed by atoms with van der Waals surface area (Å²) >= 11 is 0. The third-order valence-electron chi connectivity index (χ3n) is 4.57. The van der Waals surface area contributed by atoms with Crippen LogP contribution in [-0.4, -0.2) is 25.6 Å². The van der Waals surface area contributed by atoms with E-state index in [9.17, 15) is 9.59 Å². The van der Waals surface area contributed by atoms with Crippen LogP contribution >= 0.6 is 0 Å². The number of aromatic amines is 1. The Labute approximate surface area is 142 Å². The zero-order valence-corrected chi connectivity index (χ0v) is 13.7. The number of hydrogen-bond acceptors (Lipinski definition) is 6. The van der Waals surface area contributed by atoms with Crippen molar-refractivity contribution in [3.8, 4) is 0 Å². The number of fused-ring (bicyclic) bond motifs is 1. The van der Waals surface area contributed by atoms with Crippen LogP contribution in [0.3, 0.4) is 0 Å². The lowest BCUT2D eigenvalue weighted by Gasteiger charge is -2.22. The van der Waals surface area contributed by atoms with Crippen molar-refractivity contribution < 1.29 is 4.42 Å². The minimum absolute atomic E-state index is 0.0686. The summed E-state index contributed by atoms with van der Waals surface area (Å²) in [5, 5.41) is 3.57. The number of nitrogens with one attached hydrogen (secondary N) is 2. The molecule has 3 aromatic heterocycles. The standard InChI is InChI=1S/C17H19N5O3/c23-15-13-9-18-16(19-11-5-2-1-3-6-11)20-14(13)21-17(24)22(15)10-12-7-4-8-25-12/h4,7-9,11H,1-3,5-6,10H2,(H2,18,19,20,21,24). The van der Waals surface area contributed by atoms with Gasteiger partial charge in [0, 0.05) is 12.2 Å². The first kappa shape index (κ1) is 15.6. The quantitative estimate of drug-likeness (QED) is 0.750. The topological polar surface area (TPSA) is 106 Å². The molecule has 8 nitrogen and oxygen atoms in total. The van der Waals surface area contributed by atoms with E-state index in [1.54, 1.807) is 12.1 Å². The number of hydrogen-bond donors (Lipinski definition) is 2. The van der Waals surface area contributed by atoms with Crippen LogP contribution in [0.1, 0.15) is 37.9 Å². The molecule has 1 saturated carbocycles. The Bertz CT molecular complexity index is 984. The molecule has 0 aliphatic heterocycles. The van der Waals surface area contributed by atoms with Crippen LogP contribution < -0.4 is 16.6 Å². The van der Waals surface area contributed by atoms with E-state index < -0.39 is 11.2 Å². The Morgan fingerprint density at radius 3 is 2.88 bits per heavy atom. The average molecular weight is 341 g/mol. The van der Waals surface area contributed by atoms with Gasteiger partial charge >= 0.3 is 5.69 Å². The van der Waals surface area contributed by atoms with Crippen LogP contribution in [0.15, 0.2) is 38.6 Å². The highest BCUT2D eigenvalue weighted by atomic mass is 16.3. The van der Waals surface area contributed by atoms with E-state index in [2.05, 4.69) is 20.3 Å². The Balaban J connectivity index is 1.67. The van der Waals surface area contributed by atoms with Crippen LogP contribution in [0.25, 0.3) is 11.0 Å². The van der Waals surface area contributed by atoms with E-state index in [4.69, 9.17) is 4.42 Å². The van der Waals surface area contributed by atoms with Gasteiger partial charge in [-0.15, -0.1) is 0 Å². The van der Waals surface area contributed by atoms with E-state index in [0.717, 1.165) is 17.4 Å². The predicted molar refractivity (Wildman–Crippen MR) is 92.7 cm³/mol. The lowest BCUT2D eigenvalue weighted by Crippen LogP contribution is -2.35. The number of aromatic nitrogens is 4. The third kappa shape index (κ3) is 3.19. The minimum Gasteiger partial charge on any atom is -0.467 e. The van der Waals surface area contributed by atoms with Crippen molar-refractivity contribution in [1.82, 2.24) is 19.5 Å². The van der Waals surface area contributed by atoms with Gasteiger partial charge in [0.1, 0.15) is 11.1 Å². The molecule has 25 heavy (non-hydrogen) atoms. The summed E-state index contributed by atoms with van der Waals surface area (Å²) in [6.45, 7) is 0.0686. The summed E-state index contributed by atoms with van der Waals surface area (Å²) in [5.74, 6) is 0.974. The fraction of sp³-hybridized carbons (Fsp3) is 0.412. The van der Waals surface area contributed by atoms with Crippen molar-refractivity contribution in [3.63, 3.8) is 0 Å². The highest BCUT2D eigenvalue weighted by molar-refractivity contribution is 5.73. The van der Waals surface area contributed by atoms with Gasteiger partial charge in [-0.1, -0.05) is 19.3 Å². The Kier molecular flexibility index (Phi) is 4.09. The Morgan fingerprint density at radius 1 is 1.28 bits per heavy atom. The number of anilines is 1. The third-order valence-corrected chi connectivity index (χ3v) is 4.57. The summed E-state index contributed by atoms with van der Waals surface area (Å²) in [6, 6.07) is 3.77. The highest BCUT2D eigenvalue weighted by Gasteiger charge is 2.16. The molecule has 1 aliphatic carbocycles. The predicted octanol–water partition coefficient (Wildman–Crippen LogP) is 1.87. The number of furan rings is 1. The summed E-state index contributed by atoms with van der Waals surface area (Å²) < 4.78 is 6.29. The molecule has 0 atom stereocenters. The molecule has 0 unspecified atom stereocenters. The second-order valence-corrected chi connectivity index (χ2v) is 6.34. The zero-order valence-electron chi connectivity index (χ0n) is 13.7. The molecule has 0 aromatic carbocycles. The monoisotopic (exact) mass is 341 g/mol. The molecule has 8 heteroatoms. The van der Waals surface area contributed by atoms with Gasteiger partial charge in [0.05, 0.1) is 12.8 Å². The van der Waals surface area contributed by atoms with Gasteiger partial charge in [-0.2, -0.15) is 4.98 Å². The smallest absolute Gasteiger partial charge is 0.330 e. The van der Waals surface area contributed by atoms with Gasteiger partial charge < -0.3 is 9.73 Å². The molecule has 0 radical (unpaired) electrons. The van der Waals surface area contributed by atoms with Crippen molar-refractivity contribution in [2.24, 2.45) is 0 Å². The maximum absolute atomic E-state index is 12.6. The van der Waals surface area contributed by atoms with E-state index in [1.807, 2.05) is 0 Å². The molecule has 1 fully saturated rings.